The minimum Gasteiger partial charge on any atom is -0.368 e. The molecule has 0 N–H and O–H groups in total. The van der Waals surface area contributed by atoms with Crippen molar-refractivity contribution in [3.63, 3.8) is 0 Å². The maximum atomic E-state index is 13.2. The first-order valence-corrected chi connectivity index (χ1v) is 11.6. The van der Waals surface area contributed by atoms with Crippen molar-refractivity contribution in [3.05, 3.63) is 78.0 Å². The molecule has 2 aromatic rings. The zero-order valence-corrected chi connectivity index (χ0v) is 18.1. The van der Waals surface area contributed by atoms with Crippen molar-refractivity contribution in [2.45, 2.75) is 31.2 Å². The summed E-state index contributed by atoms with van der Waals surface area (Å²) in [6, 6.07) is 16.2. The van der Waals surface area contributed by atoms with Gasteiger partial charge in [0.25, 0.3) is 10.0 Å². The highest BCUT2D eigenvalue weighted by molar-refractivity contribution is 7.89. The lowest BCUT2D eigenvalue weighted by Gasteiger charge is -2.21. The van der Waals surface area contributed by atoms with Crippen LogP contribution in [0.25, 0.3) is 0 Å². The number of benzene rings is 2. The van der Waals surface area contributed by atoms with E-state index < -0.39 is 10.0 Å². The molecule has 1 amide bonds. The second-order valence-electron chi connectivity index (χ2n) is 7.34. The first kappa shape index (κ1) is 22.1. The van der Waals surface area contributed by atoms with Gasteiger partial charge in [-0.15, -0.1) is 0 Å². The summed E-state index contributed by atoms with van der Waals surface area (Å²) < 4.78 is 33.1. The van der Waals surface area contributed by atoms with Crippen LogP contribution in [0.1, 0.15) is 24.0 Å². The highest BCUT2D eigenvalue weighted by atomic mass is 32.2. The van der Waals surface area contributed by atoms with Crippen LogP contribution in [0.2, 0.25) is 0 Å². The third kappa shape index (κ3) is 5.93. The van der Waals surface area contributed by atoms with Crippen LogP contribution in [0, 0.1) is 6.92 Å². The van der Waals surface area contributed by atoms with E-state index in [0.29, 0.717) is 0 Å². The Balaban J connectivity index is 1.67. The molecule has 0 atom stereocenters. The van der Waals surface area contributed by atoms with E-state index in [1.54, 1.807) is 35.2 Å². The van der Waals surface area contributed by atoms with Crippen molar-refractivity contribution in [1.82, 2.24) is 9.21 Å². The van der Waals surface area contributed by atoms with Gasteiger partial charge in [0, 0.05) is 19.3 Å². The quantitative estimate of drug-likeness (QED) is 0.575. The Labute approximate surface area is 178 Å². The zero-order chi connectivity index (χ0) is 21.4. The first-order chi connectivity index (χ1) is 14.5. The van der Waals surface area contributed by atoms with Gasteiger partial charge in [0.15, 0.2) is 0 Å². The van der Waals surface area contributed by atoms with Gasteiger partial charge in [0.1, 0.15) is 6.61 Å². The van der Waals surface area contributed by atoms with Crippen LogP contribution in [-0.2, 0) is 26.1 Å². The van der Waals surface area contributed by atoms with E-state index in [0.717, 1.165) is 37.1 Å². The zero-order valence-electron chi connectivity index (χ0n) is 17.2. The van der Waals surface area contributed by atoms with Gasteiger partial charge < -0.3 is 9.64 Å². The molecule has 1 heterocycles. The number of aryl methyl sites for hydroxylation is 1. The van der Waals surface area contributed by atoms with E-state index in [1.807, 2.05) is 37.3 Å². The lowest BCUT2D eigenvalue weighted by atomic mass is 10.2. The Kier molecular flexibility index (Phi) is 7.65. The van der Waals surface area contributed by atoms with Crippen LogP contribution in [0.15, 0.2) is 71.8 Å². The molecule has 1 fully saturated rings. The van der Waals surface area contributed by atoms with Gasteiger partial charge in [0.2, 0.25) is 5.91 Å². The smallest absolute Gasteiger partial charge is 0.264 e. The molecule has 0 aliphatic carbocycles. The number of nitrogens with zero attached hydrogens (tertiary/aromatic N) is 2. The number of carbonyl (C=O) groups excluding carboxylic acids is 1. The molecule has 1 saturated heterocycles. The van der Waals surface area contributed by atoms with Gasteiger partial charge in [-0.05, 0) is 43.5 Å². The van der Waals surface area contributed by atoms with Gasteiger partial charge in [-0.25, -0.2) is 8.42 Å². The van der Waals surface area contributed by atoms with Crippen LogP contribution in [0.4, 0.5) is 0 Å². The molecule has 2 aromatic carbocycles. The maximum Gasteiger partial charge on any atom is 0.264 e. The van der Waals surface area contributed by atoms with Crippen LogP contribution >= 0.6 is 0 Å². The Bertz CT molecular complexity index is 950. The Morgan fingerprint density at radius 2 is 1.73 bits per heavy atom. The number of hydrogen-bond donors (Lipinski definition) is 0. The van der Waals surface area contributed by atoms with E-state index in [9.17, 15) is 13.2 Å². The summed E-state index contributed by atoms with van der Waals surface area (Å²) in [7, 11) is -3.72. The second kappa shape index (κ2) is 10.4. The minimum atomic E-state index is -3.72. The van der Waals surface area contributed by atoms with Gasteiger partial charge in [-0.2, -0.15) is 0 Å². The summed E-state index contributed by atoms with van der Waals surface area (Å²) >= 11 is 0. The van der Waals surface area contributed by atoms with E-state index in [-0.39, 0.29) is 30.6 Å². The summed E-state index contributed by atoms with van der Waals surface area (Å²) in [5, 5.41) is 0. The molecule has 0 radical (unpaired) electrons. The molecule has 1 aliphatic heterocycles. The first-order valence-electron chi connectivity index (χ1n) is 10.1. The fourth-order valence-electron chi connectivity index (χ4n) is 3.26. The highest BCUT2D eigenvalue weighted by Gasteiger charge is 2.22. The molecular weight excluding hydrogens is 400 g/mol. The normalized spacial score (nSPS) is 14.4. The van der Waals surface area contributed by atoms with Crippen molar-refractivity contribution < 1.29 is 17.9 Å². The lowest BCUT2D eigenvalue weighted by molar-refractivity contribution is -0.134. The number of likely N-dealkylation sites (tertiary alicyclic amines) is 1. The maximum absolute atomic E-state index is 13.2. The molecule has 160 valence electrons. The van der Waals surface area contributed by atoms with Crippen LogP contribution < -0.4 is 0 Å². The molecule has 7 heteroatoms. The molecule has 30 heavy (non-hydrogen) atoms. The molecule has 0 unspecified atom stereocenters. The van der Waals surface area contributed by atoms with E-state index in [4.69, 9.17) is 4.74 Å². The predicted molar refractivity (Wildman–Crippen MR) is 116 cm³/mol. The van der Waals surface area contributed by atoms with Crippen molar-refractivity contribution >= 4 is 15.9 Å². The summed E-state index contributed by atoms with van der Waals surface area (Å²) in [6.45, 7) is 3.87. The molecule has 0 saturated carbocycles. The Morgan fingerprint density at radius 3 is 2.40 bits per heavy atom. The van der Waals surface area contributed by atoms with Gasteiger partial charge in [-0.1, -0.05) is 48.0 Å². The van der Waals surface area contributed by atoms with Crippen molar-refractivity contribution in [3.8, 4) is 0 Å². The van der Waals surface area contributed by atoms with E-state index >= 15 is 0 Å². The molecule has 1 aliphatic rings. The summed E-state index contributed by atoms with van der Waals surface area (Å²) in [4.78, 5) is 14.1. The van der Waals surface area contributed by atoms with Crippen molar-refractivity contribution in [2.75, 3.05) is 26.3 Å². The third-order valence-electron chi connectivity index (χ3n) is 4.98. The van der Waals surface area contributed by atoms with Gasteiger partial charge >= 0.3 is 0 Å². The lowest BCUT2D eigenvalue weighted by Crippen LogP contribution is -2.31. The standard InChI is InChI=1S/C23H28N2O4S/c1-20-10-12-22(13-11-20)30(27,28)25(18-21-8-3-2-4-9-21)16-7-17-29-19-23(26)24-14-5-6-15-24/h2-4,7-13,16H,5-6,14-15,17-19H2,1H3/b16-7+. The fraction of sp³-hybridized carbons (Fsp3) is 0.348. The number of ether oxygens (including phenoxy) is 1. The number of carbonyl (C=O) groups is 1. The van der Waals surface area contributed by atoms with Crippen molar-refractivity contribution in [1.29, 1.82) is 0 Å². The van der Waals surface area contributed by atoms with Crippen LogP contribution in [0.3, 0.4) is 0 Å². The van der Waals surface area contributed by atoms with Gasteiger partial charge in [0.05, 0.1) is 18.0 Å². The minimum absolute atomic E-state index is 0.00768. The molecule has 3 rings (SSSR count). The average molecular weight is 429 g/mol. The molecule has 0 spiro atoms. The van der Waals surface area contributed by atoms with E-state index in [1.165, 1.54) is 10.5 Å². The number of rotatable bonds is 9. The number of hydrogen-bond acceptors (Lipinski definition) is 4. The summed E-state index contributed by atoms with van der Waals surface area (Å²) in [5.41, 5.74) is 1.87. The Morgan fingerprint density at radius 1 is 1.07 bits per heavy atom. The topological polar surface area (TPSA) is 66.9 Å². The molecular formula is C23H28N2O4S. The molecule has 0 aromatic heterocycles. The fourth-order valence-corrected chi connectivity index (χ4v) is 4.58. The third-order valence-corrected chi connectivity index (χ3v) is 6.72. The number of amides is 1. The largest absolute Gasteiger partial charge is 0.368 e. The summed E-state index contributed by atoms with van der Waals surface area (Å²) in [6.07, 6.45) is 5.22. The Hall–Kier alpha value is -2.64. The summed E-state index contributed by atoms with van der Waals surface area (Å²) in [5.74, 6) is -0.0191. The predicted octanol–water partition coefficient (Wildman–Crippen LogP) is 3.34. The monoisotopic (exact) mass is 428 g/mol. The molecule has 6 nitrogen and oxygen atoms in total. The van der Waals surface area contributed by atoms with Crippen LogP contribution in [0.5, 0.6) is 0 Å². The number of sulfonamides is 1. The van der Waals surface area contributed by atoms with Crippen LogP contribution in [-0.4, -0.2) is 49.8 Å². The molecule has 0 bridgehead atoms. The second-order valence-corrected chi connectivity index (χ2v) is 9.23. The highest BCUT2D eigenvalue weighted by Crippen LogP contribution is 2.19. The van der Waals surface area contributed by atoms with Gasteiger partial charge in [-0.3, -0.25) is 9.10 Å². The van der Waals surface area contributed by atoms with Crippen molar-refractivity contribution in [2.24, 2.45) is 0 Å². The van der Waals surface area contributed by atoms with E-state index in [2.05, 4.69) is 0 Å². The SMILES string of the molecule is Cc1ccc(S(=O)(=O)N(/C=C/COCC(=O)N2CCCC2)Cc2ccccc2)cc1. The average Bonchev–Trinajstić information content (AvgIpc) is 3.28.